The summed E-state index contributed by atoms with van der Waals surface area (Å²) in [6.45, 7) is 1.65. The van der Waals surface area contributed by atoms with E-state index in [0.717, 1.165) is 5.56 Å². The maximum atomic E-state index is 12.2. The van der Waals surface area contributed by atoms with E-state index in [1.165, 1.54) is 12.1 Å². The molecule has 0 aliphatic heterocycles. The molecule has 2 rings (SSSR count). The second-order valence-electron chi connectivity index (χ2n) is 4.81. The van der Waals surface area contributed by atoms with Crippen LogP contribution in [0.3, 0.4) is 0 Å². The topological polar surface area (TPSA) is 60.6 Å². The van der Waals surface area contributed by atoms with E-state index in [4.69, 9.17) is 28.3 Å². The molecule has 0 atom stereocenters. The first-order chi connectivity index (χ1) is 12.3. The van der Waals surface area contributed by atoms with Crippen molar-refractivity contribution in [3.8, 4) is 0 Å². The summed E-state index contributed by atoms with van der Waals surface area (Å²) in [5.74, 6) is 0. The van der Waals surface area contributed by atoms with Gasteiger partial charge in [0.25, 0.3) is 10.0 Å². The molecule has 0 spiro atoms. The van der Waals surface area contributed by atoms with Crippen LogP contribution in [0.4, 0.5) is 0 Å². The van der Waals surface area contributed by atoms with Gasteiger partial charge in [0.05, 0.1) is 4.90 Å². The summed E-state index contributed by atoms with van der Waals surface area (Å²) in [6, 6.07) is 17.7. The monoisotopic (exact) mass is 516 g/mol. The first-order valence-corrected chi connectivity index (χ1v) is 16.4. The van der Waals surface area contributed by atoms with Gasteiger partial charge in [-0.25, -0.2) is 0 Å². The van der Waals surface area contributed by atoms with Gasteiger partial charge in [-0.3, -0.25) is 0 Å². The Labute approximate surface area is 172 Å². The quantitative estimate of drug-likeness (QED) is 0.365. The van der Waals surface area contributed by atoms with Gasteiger partial charge in [0, 0.05) is 5.71 Å². The van der Waals surface area contributed by atoms with Crippen molar-refractivity contribution in [2.45, 2.75) is 11.8 Å². The normalized spacial score (nSPS) is 12.4. The van der Waals surface area contributed by atoms with E-state index < -0.39 is 24.2 Å². The first-order valence-electron chi connectivity index (χ1n) is 7.23. The third-order valence-corrected chi connectivity index (χ3v) is 4.36. The Morgan fingerprint density at radius 3 is 1.92 bits per heavy atom. The number of hydrogen-bond donors (Lipinski definition) is 0. The Bertz CT molecular complexity index is 840. The molecule has 0 bridgehead atoms. The van der Waals surface area contributed by atoms with Crippen molar-refractivity contribution in [2.24, 2.45) is 4.40 Å². The Morgan fingerprint density at radius 2 is 1.46 bits per heavy atom. The van der Waals surface area contributed by atoms with E-state index in [0.29, 0.717) is 11.4 Å². The van der Waals surface area contributed by atoms with E-state index >= 15 is 0 Å². The van der Waals surface area contributed by atoms with Crippen LogP contribution in [0.1, 0.15) is 12.5 Å². The number of benzene rings is 2. The molecule has 0 aromatic heterocycles. The molecule has 0 saturated heterocycles. The van der Waals surface area contributed by atoms with E-state index in [9.17, 15) is 8.42 Å². The summed E-state index contributed by atoms with van der Waals surface area (Å²) in [5.41, 5.74) is 1.98. The number of rotatable bonds is 5. The van der Waals surface area contributed by atoms with Gasteiger partial charge >= 0.3 is 42.4 Å². The van der Waals surface area contributed by atoms with Crippen LogP contribution in [-0.4, -0.2) is 21.2 Å². The first kappa shape index (κ1) is 23.2. The van der Waals surface area contributed by atoms with Gasteiger partial charge in [-0.2, -0.15) is 12.8 Å². The Balaban J connectivity index is 0.000000765. The van der Waals surface area contributed by atoms with Crippen molar-refractivity contribution in [2.75, 3.05) is 7.05 Å². The number of hydrogen-bond acceptors (Lipinski definition) is 2. The molecule has 0 fully saturated rings. The number of sulfonamides is 1. The van der Waals surface area contributed by atoms with Crippen molar-refractivity contribution in [1.29, 1.82) is 0 Å². The predicted octanol–water partition coefficient (Wildman–Crippen LogP) is 5.95. The Hall–Kier alpha value is -0.842. The number of allylic oxidation sites excluding steroid dienone is 1. The van der Waals surface area contributed by atoms with Crippen LogP contribution >= 0.6 is 28.3 Å². The molecule has 0 N–H and O–H groups in total. The van der Waals surface area contributed by atoms with Crippen LogP contribution in [-0.2, 0) is 24.2 Å². The van der Waals surface area contributed by atoms with Crippen molar-refractivity contribution in [3.63, 3.8) is 0 Å². The summed E-state index contributed by atoms with van der Waals surface area (Å²) < 4.78 is 28.2. The Kier molecular flexibility index (Phi) is 10.5. The fraction of sp³-hybridized carbons (Fsp3) is 0.118. The van der Waals surface area contributed by atoms with Gasteiger partial charge in [0.1, 0.15) is 0 Å². The number of nitrogens with zero attached hydrogens (tertiary/aromatic N) is 2. The second-order valence-corrected chi connectivity index (χ2v) is 15.6. The molecule has 141 valence electrons. The minimum absolute atomic E-state index is 0.178. The summed E-state index contributed by atoms with van der Waals surface area (Å²) in [7, 11) is 12.9. The molecule has 0 radical (unpaired) electrons. The molecule has 0 aliphatic rings. The van der Waals surface area contributed by atoms with Crippen LogP contribution < -0.4 is 0 Å². The van der Waals surface area contributed by atoms with E-state index in [-0.39, 0.29) is 4.90 Å². The van der Waals surface area contributed by atoms with Gasteiger partial charge < -0.3 is 5.32 Å². The standard InChI is InChI=1S/C17H17N2O2S.3ClH.Mo/c1-14(13-17(18-2)15-9-5-3-6-10-15)19-22(20,21)16-11-7-4-8-12-16;;;;/h3-13H,1-2H3;3*1H;/q-1;;;;+3/p-3/b17-13-,19-14+;;;;. The van der Waals surface area contributed by atoms with E-state index in [2.05, 4.69) is 9.71 Å². The summed E-state index contributed by atoms with van der Waals surface area (Å²) in [5, 5.41) is 4.19. The molecule has 0 heterocycles. The van der Waals surface area contributed by atoms with Crippen LogP contribution in [0.25, 0.3) is 11.0 Å². The fourth-order valence-corrected chi connectivity index (χ4v) is 2.98. The maximum absolute atomic E-state index is 12.2. The second kappa shape index (κ2) is 11.8. The van der Waals surface area contributed by atoms with Crippen molar-refractivity contribution < 1.29 is 22.6 Å². The molecule has 0 aliphatic carbocycles. The molecule has 0 unspecified atom stereocenters. The van der Waals surface area contributed by atoms with Gasteiger partial charge in [0.15, 0.2) is 0 Å². The van der Waals surface area contributed by atoms with Crippen molar-refractivity contribution in [3.05, 3.63) is 77.6 Å². The predicted molar refractivity (Wildman–Crippen MR) is 108 cm³/mol. The van der Waals surface area contributed by atoms with Crippen LogP contribution in [0.15, 0.2) is 76.0 Å². The molecule has 0 amide bonds. The third-order valence-electron chi connectivity index (χ3n) is 2.96. The van der Waals surface area contributed by atoms with Gasteiger partial charge in [-0.1, -0.05) is 54.6 Å². The van der Waals surface area contributed by atoms with Crippen LogP contribution in [0, 0.1) is 0 Å². The van der Waals surface area contributed by atoms with Crippen LogP contribution in [0.2, 0.25) is 0 Å². The summed E-state index contributed by atoms with van der Waals surface area (Å²) >= 11 is -1.94. The minimum atomic E-state index is -3.69. The zero-order valence-electron chi connectivity index (χ0n) is 14.0. The molecule has 2 aromatic carbocycles. The fourth-order valence-electron chi connectivity index (χ4n) is 1.94. The molecule has 2 aromatic rings. The molecule has 26 heavy (non-hydrogen) atoms. The molecular weight excluding hydrogens is 499 g/mol. The zero-order chi connectivity index (χ0) is 19.6. The van der Waals surface area contributed by atoms with Crippen molar-refractivity contribution >= 4 is 49.7 Å². The molecule has 4 nitrogen and oxygen atoms in total. The third kappa shape index (κ3) is 8.70. The zero-order valence-corrected chi connectivity index (χ0v) is 19.1. The Morgan fingerprint density at radius 1 is 1.00 bits per heavy atom. The van der Waals surface area contributed by atoms with Crippen molar-refractivity contribution in [1.82, 2.24) is 0 Å². The molecule has 0 saturated carbocycles. The summed E-state index contributed by atoms with van der Waals surface area (Å²) in [6.07, 6.45) is 1.66. The average molecular weight is 516 g/mol. The molecule has 9 heteroatoms. The van der Waals surface area contributed by atoms with E-state index in [1.54, 1.807) is 38.2 Å². The SMILES string of the molecule is C[N-]/C(=C\C(C)=N\S(=O)(=O)c1ccccc1)c1ccccc1.[Cl][Mo]([Cl])[Cl]. The van der Waals surface area contributed by atoms with Gasteiger partial charge in [0.2, 0.25) is 0 Å². The number of halogens is 3. The van der Waals surface area contributed by atoms with Crippen LogP contribution in [0.5, 0.6) is 0 Å². The van der Waals surface area contributed by atoms with Gasteiger partial charge in [-0.15, -0.1) is 12.7 Å². The summed E-state index contributed by atoms with van der Waals surface area (Å²) in [4.78, 5) is 0.178. The van der Waals surface area contributed by atoms with Gasteiger partial charge in [-0.05, 0) is 24.6 Å². The van der Waals surface area contributed by atoms with E-state index in [1.807, 2.05) is 30.3 Å². The average Bonchev–Trinajstić information content (AvgIpc) is 2.60. The molecular formula is C17H17Cl3MoN2O2S-.